The molecule has 6 nitrogen and oxygen atoms in total. The Kier molecular flexibility index (Phi) is 5.47. The number of hydrogen-bond acceptors (Lipinski definition) is 3. The first kappa shape index (κ1) is 17.1. The fourth-order valence-corrected chi connectivity index (χ4v) is 2.82. The van der Waals surface area contributed by atoms with Gasteiger partial charge in [0.1, 0.15) is 5.75 Å². The molecule has 2 atom stereocenters. The van der Waals surface area contributed by atoms with E-state index in [4.69, 9.17) is 9.84 Å². The van der Waals surface area contributed by atoms with Gasteiger partial charge in [0.05, 0.1) is 19.1 Å². The number of amides is 2. The monoisotopic (exact) mass is 320 g/mol. The van der Waals surface area contributed by atoms with Crippen molar-refractivity contribution in [3.63, 3.8) is 0 Å². The van der Waals surface area contributed by atoms with Gasteiger partial charge in [-0.1, -0.05) is 26.0 Å². The molecule has 126 valence electrons. The minimum atomic E-state index is -0.837. The zero-order valence-electron chi connectivity index (χ0n) is 13.8. The van der Waals surface area contributed by atoms with Crippen molar-refractivity contribution in [1.29, 1.82) is 0 Å². The summed E-state index contributed by atoms with van der Waals surface area (Å²) in [6.07, 6.45) is 0.512. The first-order valence-corrected chi connectivity index (χ1v) is 7.84. The maximum absolute atomic E-state index is 12.4. The van der Waals surface area contributed by atoms with Crippen molar-refractivity contribution in [2.75, 3.05) is 20.2 Å². The largest absolute Gasteiger partial charge is 0.497 e. The van der Waals surface area contributed by atoms with Crippen LogP contribution in [-0.4, -0.2) is 42.2 Å². The topological polar surface area (TPSA) is 78.9 Å². The van der Waals surface area contributed by atoms with Gasteiger partial charge in [0, 0.05) is 13.1 Å². The van der Waals surface area contributed by atoms with Crippen LogP contribution < -0.4 is 10.1 Å². The van der Waals surface area contributed by atoms with Crippen molar-refractivity contribution in [2.45, 2.75) is 26.3 Å². The van der Waals surface area contributed by atoms with E-state index in [1.165, 1.54) is 0 Å². The van der Waals surface area contributed by atoms with Crippen LogP contribution in [0.2, 0.25) is 0 Å². The van der Waals surface area contributed by atoms with Gasteiger partial charge in [-0.15, -0.1) is 0 Å². The SMILES string of the molecule is COc1ccc(C(NC(=O)N2CCC(C(=O)O)C2)C(C)C)cc1. The highest BCUT2D eigenvalue weighted by molar-refractivity contribution is 5.77. The van der Waals surface area contributed by atoms with E-state index in [1.54, 1.807) is 12.0 Å². The minimum absolute atomic E-state index is 0.128. The molecule has 0 saturated carbocycles. The Morgan fingerprint density at radius 3 is 2.43 bits per heavy atom. The molecule has 2 unspecified atom stereocenters. The number of aliphatic carboxylic acids is 1. The summed E-state index contributed by atoms with van der Waals surface area (Å²) in [4.78, 5) is 25.0. The molecule has 23 heavy (non-hydrogen) atoms. The van der Waals surface area contributed by atoms with Gasteiger partial charge in [-0.2, -0.15) is 0 Å². The number of ether oxygens (including phenoxy) is 1. The lowest BCUT2D eigenvalue weighted by Crippen LogP contribution is -2.42. The van der Waals surface area contributed by atoms with Crippen molar-refractivity contribution in [1.82, 2.24) is 10.2 Å². The number of carboxylic acids is 1. The van der Waals surface area contributed by atoms with Crippen LogP contribution >= 0.6 is 0 Å². The molecule has 0 bridgehead atoms. The molecule has 0 radical (unpaired) electrons. The number of hydrogen-bond donors (Lipinski definition) is 2. The number of rotatable bonds is 5. The first-order chi connectivity index (χ1) is 10.9. The molecule has 1 aliphatic rings. The summed E-state index contributed by atoms with van der Waals surface area (Å²) in [5.41, 5.74) is 1.00. The normalized spacial score (nSPS) is 18.8. The first-order valence-electron chi connectivity index (χ1n) is 7.84. The van der Waals surface area contributed by atoms with Crippen LogP contribution in [0.4, 0.5) is 4.79 Å². The van der Waals surface area contributed by atoms with E-state index >= 15 is 0 Å². The molecule has 2 rings (SSSR count). The Morgan fingerprint density at radius 1 is 1.30 bits per heavy atom. The Labute approximate surface area is 136 Å². The lowest BCUT2D eigenvalue weighted by molar-refractivity contribution is -0.141. The minimum Gasteiger partial charge on any atom is -0.497 e. The van der Waals surface area contributed by atoms with Crippen molar-refractivity contribution in [3.05, 3.63) is 29.8 Å². The molecule has 2 amide bonds. The summed E-state index contributed by atoms with van der Waals surface area (Å²) < 4.78 is 5.15. The van der Waals surface area contributed by atoms with Gasteiger partial charge in [0.25, 0.3) is 0 Å². The number of carboxylic acid groups (broad SMARTS) is 1. The Morgan fingerprint density at radius 2 is 1.96 bits per heavy atom. The van der Waals surface area contributed by atoms with E-state index in [0.29, 0.717) is 13.0 Å². The van der Waals surface area contributed by atoms with Crippen LogP contribution in [0.5, 0.6) is 5.75 Å². The number of urea groups is 1. The second kappa shape index (κ2) is 7.35. The van der Waals surface area contributed by atoms with E-state index in [9.17, 15) is 9.59 Å². The number of nitrogens with zero attached hydrogens (tertiary/aromatic N) is 1. The lowest BCUT2D eigenvalue weighted by atomic mass is 9.96. The summed E-state index contributed by atoms with van der Waals surface area (Å²) in [5, 5.41) is 12.1. The molecule has 6 heteroatoms. The second-order valence-corrected chi connectivity index (χ2v) is 6.21. The fraction of sp³-hybridized carbons (Fsp3) is 0.529. The number of carbonyl (C=O) groups is 2. The molecule has 1 aromatic rings. The Balaban J connectivity index is 2.04. The van der Waals surface area contributed by atoms with Gasteiger partial charge in [-0.25, -0.2) is 4.79 Å². The van der Waals surface area contributed by atoms with Gasteiger partial charge >= 0.3 is 12.0 Å². The zero-order valence-corrected chi connectivity index (χ0v) is 13.8. The van der Waals surface area contributed by atoms with Crippen molar-refractivity contribution in [2.24, 2.45) is 11.8 Å². The van der Waals surface area contributed by atoms with Gasteiger partial charge < -0.3 is 20.1 Å². The van der Waals surface area contributed by atoms with Crippen LogP contribution in [0.1, 0.15) is 31.9 Å². The van der Waals surface area contributed by atoms with Crippen LogP contribution in [0.15, 0.2) is 24.3 Å². The number of nitrogens with one attached hydrogen (secondary N) is 1. The quantitative estimate of drug-likeness (QED) is 0.874. The Hall–Kier alpha value is -2.24. The summed E-state index contributed by atoms with van der Waals surface area (Å²) in [6.45, 7) is 4.84. The molecule has 1 aliphatic heterocycles. The molecule has 0 aliphatic carbocycles. The number of likely N-dealkylation sites (tertiary alicyclic amines) is 1. The smallest absolute Gasteiger partial charge is 0.317 e. The van der Waals surface area contributed by atoms with E-state index in [1.807, 2.05) is 38.1 Å². The van der Waals surface area contributed by atoms with Crippen molar-refractivity contribution in [3.8, 4) is 5.75 Å². The van der Waals surface area contributed by atoms with Crippen molar-refractivity contribution < 1.29 is 19.4 Å². The maximum atomic E-state index is 12.4. The van der Waals surface area contributed by atoms with E-state index in [2.05, 4.69) is 5.32 Å². The predicted octanol–water partition coefficient (Wildman–Crippen LogP) is 2.51. The predicted molar refractivity (Wildman–Crippen MR) is 86.4 cm³/mol. The summed E-state index contributed by atoms with van der Waals surface area (Å²) >= 11 is 0. The highest BCUT2D eigenvalue weighted by atomic mass is 16.5. The summed E-state index contributed by atoms with van der Waals surface area (Å²) in [7, 11) is 1.61. The number of carbonyl (C=O) groups excluding carboxylic acids is 1. The van der Waals surface area contributed by atoms with Gasteiger partial charge in [-0.05, 0) is 30.0 Å². The lowest BCUT2D eigenvalue weighted by Gasteiger charge is -2.26. The average Bonchev–Trinajstić information content (AvgIpc) is 3.02. The zero-order chi connectivity index (χ0) is 17.0. The standard InChI is InChI=1S/C17H24N2O4/c1-11(2)15(12-4-6-14(23-3)7-5-12)18-17(22)19-9-8-13(10-19)16(20)21/h4-7,11,13,15H,8-10H2,1-3H3,(H,18,22)(H,20,21). The van der Waals surface area contributed by atoms with E-state index in [-0.39, 0.29) is 24.5 Å². The molecular weight excluding hydrogens is 296 g/mol. The van der Waals surface area contributed by atoms with Crippen LogP contribution in [0.3, 0.4) is 0 Å². The molecule has 1 fully saturated rings. The average molecular weight is 320 g/mol. The van der Waals surface area contributed by atoms with E-state index in [0.717, 1.165) is 11.3 Å². The fourth-order valence-electron chi connectivity index (χ4n) is 2.82. The number of benzene rings is 1. The third kappa shape index (κ3) is 4.15. The molecule has 2 N–H and O–H groups in total. The molecule has 0 aromatic heterocycles. The van der Waals surface area contributed by atoms with Crippen LogP contribution in [-0.2, 0) is 4.79 Å². The summed E-state index contributed by atoms with van der Waals surface area (Å²) in [5.74, 6) is -0.313. The van der Waals surface area contributed by atoms with Crippen molar-refractivity contribution >= 4 is 12.0 Å². The highest BCUT2D eigenvalue weighted by Crippen LogP contribution is 2.25. The molecule has 1 heterocycles. The Bertz CT molecular complexity index is 556. The molecule has 0 spiro atoms. The van der Waals surface area contributed by atoms with Gasteiger partial charge in [0.15, 0.2) is 0 Å². The molecule has 1 aromatic carbocycles. The molecule has 1 saturated heterocycles. The summed E-state index contributed by atoms with van der Waals surface area (Å²) in [6, 6.07) is 7.28. The second-order valence-electron chi connectivity index (χ2n) is 6.21. The van der Waals surface area contributed by atoms with Crippen LogP contribution in [0.25, 0.3) is 0 Å². The third-order valence-electron chi connectivity index (χ3n) is 4.25. The number of methoxy groups -OCH3 is 1. The maximum Gasteiger partial charge on any atom is 0.317 e. The van der Waals surface area contributed by atoms with Gasteiger partial charge in [0.2, 0.25) is 0 Å². The van der Waals surface area contributed by atoms with Gasteiger partial charge in [-0.3, -0.25) is 4.79 Å². The van der Waals surface area contributed by atoms with Crippen LogP contribution in [0, 0.1) is 11.8 Å². The van der Waals surface area contributed by atoms with E-state index < -0.39 is 11.9 Å². The molecular formula is C17H24N2O4. The third-order valence-corrected chi connectivity index (χ3v) is 4.25. The highest BCUT2D eigenvalue weighted by Gasteiger charge is 2.32.